The molecule has 8 heteroatoms. The Morgan fingerprint density at radius 3 is 2.58 bits per heavy atom. The summed E-state index contributed by atoms with van der Waals surface area (Å²) in [7, 11) is 0. The monoisotopic (exact) mass is 360 g/mol. The third-order valence-corrected chi connectivity index (χ3v) is 4.04. The number of fused-ring (bicyclic) bond motifs is 1. The number of benzene rings is 1. The van der Waals surface area contributed by atoms with Crippen LogP contribution in [0.4, 0.5) is 4.79 Å². The minimum Gasteiger partial charge on any atom is -0.443 e. The molecule has 1 aromatic carbocycles. The molecule has 1 aromatic heterocycles. The zero-order chi connectivity index (χ0) is 19.2. The summed E-state index contributed by atoms with van der Waals surface area (Å²) >= 11 is 0. The fraction of sp³-hybridized carbons (Fsp3) is 0.444. The fourth-order valence-electron chi connectivity index (χ4n) is 2.95. The molecule has 0 spiro atoms. The quantitative estimate of drug-likeness (QED) is 0.725. The number of rotatable bonds is 1. The Morgan fingerprint density at radius 2 is 1.92 bits per heavy atom. The Balaban J connectivity index is 2.01. The summed E-state index contributed by atoms with van der Waals surface area (Å²) in [5.41, 5.74) is 0.835. The zero-order valence-electron chi connectivity index (χ0n) is 15.1. The second-order valence-corrected chi connectivity index (χ2v) is 7.31. The summed E-state index contributed by atoms with van der Waals surface area (Å²) in [6.45, 7) is 6.76. The van der Waals surface area contributed by atoms with Gasteiger partial charge in [0.1, 0.15) is 11.6 Å². The molecule has 0 aliphatic carbocycles. The molecular weight excluding hydrogens is 340 g/mol. The molecule has 0 saturated carbocycles. The molecule has 3 amide bonds. The van der Waals surface area contributed by atoms with Crippen LogP contribution in [0.3, 0.4) is 0 Å². The van der Waals surface area contributed by atoms with Crippen LogP contribution in [0.2, 0.25) is 0 Å². The molecule has 1 unspecified atom stereocenters. The topological polar surface area (TPSA) is 98.8 Å². The Bertz CT molecular complexity index is 962. The molecule has 1 saturated heterocycles. The normalized spacial score (nSPS) is 18.5. The highest BCUT2D eigenvalue weighted by Crippen LogP contribution is 2.28. The maximum atomic E-state index is 12.8. The van der Waals surface area contributed by atoms with Crippen molar-refractivity contribution < 1.29 is 23.5 Å². The number of aromatic nitrogens is 1. The second-order valence-electron chi connectivity index (χ2n) is 7.31. The molecule has 0 N–H and O–H groups in total. The van der Waals surface area contributed by atoms with Crippen LogP contribution < -0.4 is 5.76 Å². The number of carbonyl (C=O) groups excluding carboxylic acids is 3. The fourth-order valence-corrected chi connectivity index (χ4v) is 2.95. The van der Waals surface area contributed by atoms with Crippen LogP contribution in [0.5, 0.6) is 0 Å². The van der Waals surface area contributed by atoms with Crippen LogP contribution in [-0.4, -0.2) is 33.0 Å². The lowest BCUT2D eigenvalue weighted by Crippen LogP contribution is -2.51. The van der Waals surface area contributed by atoms with Crippen LogP contribution in [-0.2, 0) is 14.3 Å². The molecule has 1 atom stereocenters. The van der Waals surface area contributed by atoms with E-state index in [9.17, 15) is 19.2 Å². The molecule has 1 aliphatic rings. The van der Waals surface area contributed by atoms with Gasteiger partial charge >= 0.3 is 11.8 Å². The predicted molar refractivity (Wildman–Crippen MR) is 91.6 cm³/mol. The maximum absolute atomic E-state index is 12.8. The minimum atomic E-state index is -1.03. The Morgan fingerprint density at radius 1 is 1.23 bits per heavy atom. The molecular formula is C18H20N2O6. The van der Waals surface area contributed by atoms with Crippen molar-refractivity contribution in [2.24, 2.45) is 0 Å². The maximum Gasteiger partial charge on any atom is 0.424 e. The highest BCUT2D eigenvalue weighted by molar-refractivity contribution is 6.11. The summed E-state index contributed by atoms with van der Waals surface area (Å²) in [6, 6.07) is 4.16. The van der Waals surface area contributed by atoms with Crippen molar-refractivity contribution in [3.8, 4) is 0 Å². The van der Waals surface area contributed by atoms with Crippen molar-refractivity contribution in [2.75, 3.05) is 0 Å². The van der Waals surface area contributed by atoms with Crippen LogP contribution in [0.25, 0.3) is 11.1 Å². The van der Waals surface area contributed by atoms with Gasteiger partial charge in [0.15, 0.2) is 5.58 Å². The summed E-state index contributed by atoms with van der Waals surface area (Å²) < 4.78 is 11.6. The lowest BCUT2D eigenvalue weighted by molar-refractivity contribution is -0.149. The van der Waals surface area contributed by atoms with E-state index in [4.69, 9.17) is 9.15 Å². The van der Waals surface area contributed by atoms with Gasteiger partial charge in [-0.2, -0.15) is 4.90 Å². The van der Waals surface area contributed by atoms with Crippen molar-refractivity contribution in [3.05, 3.63) is 34.3 Å². The number of oxazole rings is 1. The van der Waals surface area contributed by atoms with E-state index in [-0.39, 0.29) is 12.8 Å². The predicted octanol–water partition coefficient (Wildman–Crippen LogP) is 2.53. The SMILES string of the molecule is Cc1ccc2c(c1)oc(=O)n2C1CCC(=O)N(C(=O)OC(C)(C)C)C1=O. The van der Waals surface area contributed by atoms with Gasteiger partial charge in [0.25, 0.3) is 5.91 Å². The number of nitrogens with zero attached hydrogens (tertiary/aromatic N) is 2. The van der Waals surface area contributed by atoms with Crippen LogP contribution >= 0.6 is 0 Å². The molecule has 2 heterocycles. The Labute approximate surface area is 149 Å². The third kappa shape index (κ3) is 3.14. The number of imide groups is 3. The van der Waals surface area contributed by atoms with E-state index in [1.807, 2.05) is 6.92 Å². The van der Waals surface area contributed by atoms with Crippen molar-refractivity contribution in [3.63, 3.8) is 0 Å². The number of amides is 3. The van der Waals surface area contributed by atoms with Crippen LogP contribution in [0, 0.1) is 6.92 Å². The molecule has 1 fully saturated rings. The minimum absolute atomic E-state index is 0.0549. The molecule has 3 rings (SSSR count). The molecule has 138 valence electrons. The Kier molecular flexibility index (Phi) is 4.21. The standard InChI is InChI=1S/C18H20N2O6/c1-10-5-6-11-13(9-10)25-16(23)19(11)12-7-8-14(21)20(15(12)22)17(24)26-18(2,3)4/h5-6,9,12H,7-8H2,1-4H3. The first kappa shape index (κ1) is 17.9. The van der Waals surface area contributed by atoms with Gasteiger partial charge in [0, 0.05) is 6.42 Å². The summed E-state index contributed by atoms with van der Waals surface area (Å²) in [4.78, 5) is 50.0. The van der Waals surface area contributed by atoms with Gasteiger partial charge in [-0.15, -0.1) is 0 Å². The number of piperidine rings is 1. The largest absolute Gasteiger partial charge is 0.443 e. The first-order valence-corrected chi connectivity index (χ1v) is 8.30. The average Bonchev–Trinajstić information content (AvgIpc) is 2.81. The number of carbonyl (C=O) groups is 3. The van der Waals surface area contributed by atoms with Gasteiger partial charge in [0.05, 0.1) is 5.52 Å². The van der Waals surface area contributed by atoms with Crippen LogP contribution in [0.15, 0.2) is 27.4 Å². The Hall–Kier alpha value is -2.90. The van der Waals surface area contributed by atoms with Gasteiger partial charge in [0.2, 0.25) is 5.91 Å². The van der Waals surface area contributed by atoms with Crippen molar-refractivity contribution in [1.29, 1.82) is 0 Å². The third-order valence-electron chi connectivity index (χ3n) is 4.04. The van der Waals surface area contributed by atoms with Gasteiger partial charge in [-0.3, -0.25) is 14.2 Å². The molecule has 8 nitrogen and oxygen atoms in total. The van der Waals surface area contributed by atoms with Gasteiger partial charge < -0.3 is 9.15 Å². The highest BCUT2D eigenvalue weighted by atomic mass is 16.6. The lowest BCUT2D eigenvalue weighted by atomic mass is 10.0. The zero-order valence-corrected chi connectivity index (χ0v) is 15.1. The summed E-state index contributed by atoms with van der Waals surface area (Å²) in [5.74, 6) is -2.14. The highest BCUT2D eigenvalue weighted by Gasteiger charge is 2.42. The van der Waals surface area contributed by atoms with Crippen molar-refractivity contribution in [2.45, 2.75) is 52.2 Å². The summed E-state index contributed by atoms with van der Waals surface area (Å²) in [5, 5.41) is 0. The molecule has 26 heavy (non-hydrogen) atoms. The first-order chi connectivity index (χ1) is 12.1. The number of hydrogen-bond acceptors (Lipinski definition) is 6. The number of likely N-dealkylation sites (tertiary alicyclic amines) is 1. The van der Waals surface area contributed by atoms with Gasteiger partial charge in [-0.05, 0) is 51.8 Å². The average molecular weight is 360 g/mol. The molecule has 0 bridgehead atoms. The van der Waals surface area contributed by atoms with Crippen LogP contribution in [0.1, 0.15) is 45.2 Å². The van der Waals surface area contributed by atoms with Gasteiger partial charge in [-0.25, -0.2) is 9.59 Å². The van der Waals surface area contributed by atoms with E-state index in [1.165, 1.54) is 4.57 Å². The van der Waals surface area contributed by atoms with Crippen molar-refractivity contribution in [1.82, 2.24) is 9.47 Å². The van der Waals surface area contributed by atoms with E-state index < -0.39 is 35.3 Å². The van der Waals surface area contributed by atoms with E-state index in [0.29, 0.717) is 16.0 Å². The van der Waals surface area contributed by atoms with Gasteiger partial charge in [-0.1, -0.05) is 6.07 Å². The summed E-state index contributed by atoms with van der Waals surface area (Å²) in [6.07, 6.45) is -0.978. The van der Waals surface area contributed by atoms with E-state index >= 15 is 0 Å². The first-order valence-electron chi connectivity index (χ1n) is 8.30. The molecule has 1 aliphatic heterocycles. The lowest BCUT2D eigenvalue weighted by Gasteiger charge is -2.31. The van der Waals surface area contributed by atoms with E-state index in [0.717, 1.165) is 5.56 Å². The van der Waals surface area contributed by atoms with E-state index in [1.54, 1.807) is 39.0 Å². The smallest absolute Gasteiger partial charge is 0.424 e. The molecule has 2 aromatic rings. The number of ether oxygens (including phenoxy) is 1. The number of hydrogen-bond donors (Lipinski definition) is 0. The number of aryl methyl sites for hydroxylation is 1. The van der Waals surface area contributed by atoms with E-state index in [2.05, 4.69) is 0 Å². The molecule has 0 radical (unpaired) electrons. The van der Waals surface area contributed by atoms with Crippen molar-refractivity contribution >= 4 is 29.0 Å². The second kappa shape index (κ2) is 6.12.